The summed E-state index contributed by atoms with van der Waals surface area (Å²) >= 11 is 0. The number of aliphatic hydroxyl groups excluding tert-OH is 3. The molecule has 0 bridgehead atoms. The first-order valence-electron chi connectivity index (χ1n) is 13.0. The minimum absolute atomic E-state index is 0.0437. The van der Waals surface area contributed by atoms with Crippen LogP contribution in [0.15, 0.2) is 11.6 Å². The van der Waals surface area contributed by atoms with Crippen LogP contribution in [0.5, 0.6) is 0 Å². The zero-order valence-corrected chi connectivity index (χ0v) is 21.7. The van der Waals surface area contributed by atoms with Crippen molar-refractivity contribution in [3.05, 3.63) is 11.6 Å². The molecule has 0 saturated heterocycles. The van der Waals surface area contributed by atoms with E-state index in [2.05, 4.69) is 0 Å². The van der Waals surface area contributed by atoms with Crippen molar-refractivity contribution in [2.45, 2.75) is 127 Å². The molecule has 0 aromatic heterocycles. The van der Waals surface area contributed by atoms with Gasteiger partial charge in [-0.2, -0.15) is 0 Å². The maximum Gasteiger partial charge on any atom is 0.187 e. The second kappa shape index (κ2) is 8.06. The predicted octanol–water partition coefficient (Wildman–Crippen LogP) is 0.969. The Balaban J connectivity index is 1.70. The Labute approximate surface area is 207 Å². The van der Waals surface area contributed by atoms with Gasteiger partial charge in [-0.05, 0) is 89.2 Å². The number of carbonyl (C=O) groups excluding carboxylic acids is 1. The first-order valence-corrected chi connectivity index (χ1v) is 13.0. The zero-order valence-electron chi connectivity index (χ0n) is 21.7. The molecule has 7 N–H and O–H groups in total. The van der Waals surface area contributed by atoms with Crippen LogP contribution in [0, 0.1) is 22.7 Å². The largest absolute Gasteiger partial charge is 0.390 e. The van der Waals surface area contributed by atoms with Crippen LogP contribution in [0.3, 0.4) is 0 Å². The van der Waals surface area contributed by atoms with Crippen LogP contribution >= 0.6 is 0 Å². The third kappa shape index (κ3) is 3.70. The molecule has 0 aromatic rings. The Bertz CT molecular complexity index is 907. The molecular weight excluding hydrogens is 452 g/mol. The number of hydrogen-bond acceptors (Lipinski definition) is 8. The SMILES string of the molecule is CC(C)(O)CC[C@H](O)[C@](C)(O)[C@@H]1CC[C@@]2(O)C3=CC(=O)[C@]4(O)C[C@@H](O)[C@@H](O)C[C@]4(C)[C@H]3CC[C@]12C. The molecule has 0 heterocycles. The quantitative estimate of drug-likeness (QED) is 0.297. The minimum Gasteiger partial charge on any atom is -0.390 e. The lowest BCUT2D eigenvalue weighted by molar-refractivity contribution is -0.211. The first-order chi connectivity index (χ1) is 15.8. The van der Waals surface area contributed by atoms with Crippen LogP contribution in [0.4, 0.5) is 0 Å². The average Bonchev–Trinajstić information content (AvgIpc) is 3.01. The minimum atomic E-state index is -1.82. The van der Waals surface area contributed by atoms with Crippen molar-refractivity contribution in [3.8, 4) is 0 Å². The van der Waals surface area contributed by atoms with Crippen molar-refractivity contribution >= 4 is 5.78 Å². The van der Waals surface area contributed by atoms with Crippen LogP contribution < -0.4 is 0 Å². The van der Waals surface area contributed by atoms with E-state index in [4.69, 9.17) is 0 Å². The Morgan fingerprint density at radius 3 is 2.17 bits per heavy atom. The van der Waals surface area contributed by atoms with Gasteiger partial charge in [0, 0.05) is 17.3 Å². The third-order valence-corrected chi connectivity index (χ3v) is 10.7. The van der Waals surface area contributed by atoms with E-state index in [0.717, 1.165) is 0 Å². The van der Waals surface area contributed by atoms with Gasteiger partial charge < -0.3 is 35.7 Å². The van der Waals surface area contributed by atoms with Gasteiger partial charge in [-0.25, -0.2) is 0 Å². The van der Waals surface area contributed by atoms with Gasteiger partial charge >= 0.3 is 0 Å². The van der Waals surface area contributed by atoms with Crippen molar-refractivity contribution in [3.63, 3.8) is 0 Å². The second-order valence-corrected chi connectivity index (χ2v) is 13.3. The molecule has 4 aliphatic carbocycles. The number of hydrogen-bond donors (Lipinski definition) is 7. The molecular formula is C27H44O8. The predicted molar refractivity (Wildman–Crippen MR) is 128 cm³/mol. The van der Waals surface area contributed by atoms with Gasteiger partial charge in [0.1, 0.15) is 5.60 Å². The van der Waals surface area contributed by atoms with Crippen LogP contribution in [0.1, 0.15) is 86.0 Å². The van der Waals surface area contributed by atoms with Gasteiger partial charge in [-0.15, -0.1) is 0 Å². The number of carbonyl (C=O) groups is 1. The van der Waals surface area contributed by atoms with Gasteiger partial charge in [-0.1, -0.05) is 13.8 Å². The van der Waals surface area contributed by atoms with Crippen LogP contribution in [0.25, 0.3) is 0 Å². The molecule has 4 rings (SSSR count). The number of fused-ring (bicyclic) bond motifs is 5. The summed E-state index contributed by atoms with van der Waals surface area (Å²) in [6, 6.07) is 0. The maximum atomic E-state index is 13.3. The number of aliphatic hydroxyl groups is 7. The molecule has 3 saturated carbocycles. The highest BCUT2D eigenvalue weighted by atomic mass is 16.3. The highest BCUT2D eigenvalue weighted by Gasteiger charge is 2.71. The molecule has 200 valence electrons. The third-order valence-electron chi connectivity index (χ3n) is 10.7. The molecule has 4 aliphatic rings. The van der Waals surface area contributed by atoms with Crippen molar-refractivity contribution in [2.24, 2.45) is 22.7 Å². The first kappa shape index (κ1) is 27.2. The zero-order chi connectivity index (χ0) is 26.4. The summed E-state index contributed by atoms with van der Waals surface area (Å²) in [6.07, 6.45) is 0.0884. The molecule has 0 unspecified atom stereocenters. The van der Waals surface area contributed by atoms with E-state index < -0.39 is 63.2 Å². The molecule has 10 atom stereocenters. The van der Waals surface area contributed by atoms with Crippen molar-refractivity contribution in [1.29, 1.82) is 0 Å². The summed E-state index contributed by atoms with van der Waals surface area (Å²) in [7, 11) is 0. The second-order valence-electron chi connectivity index (χ2n) is 13.3. The van der Waals surface area contributed by atoms with Gasteiger partial charge in [0.2, 0.25) is 0 Å². The molecule has 0 amide bonds. The van der Waals surface area contributed by atoms with Gasteiger partial charge in [0.05, 0.1) is 35.1 Å². The fourth-order valence-corrected chi connectivity index (χ4v) is 8.31. The Morgan fingerprint density at radius 1 is 0.971 bits per heavy atom. The topological polar surface area (TPSA) is 159 Å². The smallest absolute Gasteiger partial charge is 0.187 e. The van der Waals surface area contributed by atoms with E-state index >= 15 is 0 Å². The summed E-state index contributed by atoms with van der Waals surface area (Å²) in [5.74, 6) is -1.38. The lowest BCUT2D eigenvalue weighted by atomic mass is 9.44. The monoisotopic (exact) mass is 496 g/mol. The lowest BCUT2D eigenvalue weighted by Crippen LogP contribution is -2.69. The Kier molecular flexibility index (Phi) is 6.26. The van der Waals surface area contributed by atoms with Gasteiger partial charge in [-0.3, -0.25) is 4.79 Å². The van der Waals surface area contributed by atoms with Crippen LogP contribution in [0.2, 0.25) is 0 Å². The number of rotatable bonds is 5. The van der Waals surface area contributed by atoms with Crippen LogP contribution in [-0.4, -0.2) is 82.2 Å². The molecule has 8 nitrogen and oxygen atoms in total. The lowest BCUT2D eigenvalue weighted by Gasteiger charge is -2.62. The van der Waals surface area contributed by atoms with Crippen molar-refractivity contribution < 1.29 is 40.5 Å². The van der Waals surface area contributed by atoms with Crippen molar-refractivity contribution in [1.82, 2.24) is 0 Å². The molecule has 0 aliphatic heterocycles. The maximum absolute atomic E-state index is 13.3. The van der Waals surface area contributed by atoms with Crippen LogP contribution in [-0.2, 0) is 4.79 Å². The molecule has 35 heavy (non-hydrogen) atoms. The van der Waals surface area contributed by atoms with Gasteiger partial charge in [0.15, 0.2) is 5.78 Å². The molecule has 0 aromatic carbocycles. The van der Waals surface area contributed by atoms with E-state index in [-0.39, 0.29) is 25.2 Å². The molecule has 8 heteroatoms. The normalized spacial score (nSPS) is 48.3. The van der Waals surface area contributed by atoms with E-state index in [0.29, 0.717) is 37.7 Å². The fourth-order valence-electron chi connectivity index (χ4n) is 8.31. The average molecular weight is 497 g/mol. The van der Waals surface area contributed by atoms with E-state index in [1.165, 1.54) is 6.08 Å². The summed E-state index contributed by atoms with van der Waals surface area (Å²) in [5.41, 5.74) is -7.07. The summed E-state index contributed by atoms with van der Waals surface area (Å²) in [6.45, 7) is 8.58. The summed E-state index contributed by atoms with van der Waals surface area (Å²) < 4.78 is 0. The summed E-state index contributed by atoms with van der Waals surface area (Å²) in [4.78, 5) is 13.3. The van der Waals surface area contributed by atoms with Crippen molar-refractivity contribution in [2.75, 3.05) is 0 Å². The Hall–Kier alpha value is -0.870. The number of ketones is 1. The fraction of sp³-hybridized carbons (Fsp3) is 0.889. The highest BCUT2D eigenvalue weighted by Crippen LogP contribution is 2.69. The Morgan fingerprint density at radius 2 is 1.57 bits per heavy atom. The molecule has 0 radical (unpaired) electrons. The molecule has 3 fully saturated rings. The standard InChI is InChI=1S/C27H44O8/c1-22(2,32)9-8-20(30)25(5,33)19-7-11-26(34)16-12-21(31)27(35)14-18(29)17(28)13-24(27,4)15(16)6-10-23(19,26)3/h12,15,17-20,28-30,32-35H,6-11,13-14H2,1-5H3/t15-,17-,18+,19+,20-,23+,24+,25+,26+,27+/m0/s1. The van der Waals surface area contributed by atoms with E-state index in [1.54, 1.807) is 27.7 Å². The van der Waals surface area contributed by atoms with Gasteiger partial charge in [0.25, 0.3) is 0 Å². The van der Waals surface area contributed by atoms with E-state index in [1.807, 2.05) is 6.92 Å². The summed E-state index contributed by atoms with van der Waals surface area (Å²) in [5, 5.41) is 77.0. The highest BCUT2D eigenvalue weighted by molar-refractivity contribution is 6.00. The van der Waals surface area contributed by atoms with E-state index in [9.17, 15) is 40.5 Å². The molecule has 0 spiro atoms.